The molecule has 0 amide bonds. The molecular formula is C23H30BrNO. The largest absolute Gasteiger partial charge is 0.392 e. The van der Waals surface area contributed by atoms with Gasteiger partial charge in [-0.2, -0.15) is 0 Å². The van der Waals surface area contributed by atoms with E-state index in [-0.39, 0.29) is 6.61 Å². The first-order valence-electron chi connectivity index (χ1n) is 9.79. The third-order valence-electron chi connectivity index (χ3n) is 5.78. The minimum absolute atomic E-state index is 0.0572. The van der Waals surface area contributed by atoms with Gasteiger partial charge in [-0.05, 0) is 102 Å². The molecule has 0 unspecified atom stereocenters. The molecular weight excluding hydrogens is 386 g/mol. The van der Waals surface area contributed by atoms with Gasteiger partial charge in [0.1, 0.15) is 0 Å². The summed E-state index contributed by atoms with van der Waals surface area (Å²) in [4.78, 5) is 2.63. The highest BCUT2D eigenvalue weighted by Crippen LogP contribution is 2.34. The summed E-state index contributed by atoms with van der Waals surface area (Å²) in [6.45, 7) is 8.39. The van der Waals surface area contributed by atoms with Crippen molar-refractivity contribution in [3.05, 3.63) is 57.6 Å². The van der Waals surface area contributed by atoms with E-state index in [1.807, 2.05) is 12.1 Å². The molecule has 1 heterocycles. The number of aliphatic hydroxyl groups is 1. The summed E-state index contributed by atoms with van der Waals surface area (Å²) in [5.41, 5.74) is 6.16. The molecule has 2 aromatic carbocycles. The Morgan fingerprint density at radius 2 is 1.69 bits per heavy atom. The number of rotatable bonds is 6. The number of aliphatic hydroxyl groups excluding tert-OH is 1. The third-order valence-corrected chi connectivity index (χ3v) is 6.72. The van der Waals surface area contributed by atoms with E-state index in [0.29, 0.717) is 0 Å². The lowest BCUT2D eigenvalue weighted by Gasteiger charge is -2.30. The van der Waals surface area contributed by atoms with E-state index in [4.69, 9.17) is 0 Å². The lowest BCUT2D eigenvalue weighted by Crippen LogP contribution is -2.33. The van der Waals surface area contributed by atoms with Crippen molar-refractivity contribution in [2.24, 2.45) is 5.92 Å². The van der Waals surface area contributed by atoms with Crippen LogP contribution < -0.4 is 0 Å². The molecule has 26 heavy (non-hydrogen) atoms. The second-order valence-corrected chi connectivity index (χ2v) is 8.45. The van der Waals surface area contributed by atoms with E-state index in [0.717, 1.165) is 22.4 Å². The highest BCUT2D eigenvalue weighted by molar-refractivity contribution is 9.10. The predicted octanol–water partition coefficient (Wildman–Crippen LogP) is 5.58. The van der Waals surface area contributed by atoms with Crippen LogP contribution in [0.1, 0.15) is 42.9 Å². The van der Waals surface area contributed by atoms with Crippen LogP contribution >= 0.6 is 15.9 Å². The minimum atomic E-state index is 0.0572. The molecule has 2 nitrogen and oxygen atoms in total. The summed E-state index contributed by atoms with van der Waals surface area (Å²) >= 11 is 3.68. The first kappa shape index (κ1) is 19.6. The first-order chi connectivity index (χ1) is 12.6. The van der Waals surface area contributed by atoms with E-state index < -0.39 is 0 Å². The van der Waals surface area contributed by atoms with Gasteiger partial charge < -0.3 is 10.0 Å². The molecule has 140 valence electrons. The molecule has 1 fully saturated rings. The molecule has 2 aromatic rings. The number of aryl methyl sites for hydroxylation is 1. The molecule has 3 rings (SSSR count). The van der Waals surface area contributed by atoms with Gasteiger partial charge in [-0.25, -0.2) is 0 Å². The molecule has 1 N–H and O–H groups in total. The number of benzene rings is 2. The average molecular weight is 416 g/mol. The van der Waals surface area contributed by atoms with Crippen molar-refractivity contribution in [3.8, 4) is 11.1 Å². The fourth-order valence-electron chi connectivity index (χ4n) is 3.93. The summed E-state index contributed by atoms with van der Waals surface area (Å²) in [5.74, 6) is 0.901. The van der Waals surface area contributed by atoms with Gasteiger partial charge in [0.15, 0.2) is 0 Å². The van der Waals surface area contributed by atoms with Crippen LogP contribution in [-0.4, -0.2) is 29.6 Å². The Hall–Kier alpha value is -1.16. The average Bonchev–Trinajstić information content (AvgIpc) is 2.65. The van der Waals surface area contributed by atoms with Gasteiger partial charge >= 0.3 is 0 Å². The molecule has 3 heteroatoms. The van der Waals surface area contributed by atoms with Crippen LogP contribution in [-0.2, 0) is 13.0 Å². The van der Waals surface area contributed by atoms with Crippen LogP contribution in [0.5, 0.6) is 0 Å². The number of hydrogen-bond acceptors (Lipinski definition) is 2. The predicted molar refractivity (Wildman–Crippen MR) is 113 cm³/mol. The second kappa shape index (κ2) is 9.16. The molecule has 0 bridgehead atoms. The molecule has 0 spiro atoms. The molecule has 0 radical (unpaired) electrons. The van der Waals surface area contributed by atoms with Gasteiger partial charge in [-0.3, -0.25) is 0 Å². The van der Waals surface area contributed by atoms with E-state index in [9.17, 15) is 5.11 Å². The maximum atomic E-state index is 9.54. The number of piperidine rings is 1. The monoisotopic (exact) mass is 415 g/mol. The molecule has 0 saturated carbocycles. The lowest BCUT2D eigenvalue weighted by molar-refractivity contribution is 0.191. The van der Waals surface area contributed by atoms with E-state index in [1.165, 1.54) is 61.2 Å². The number of nitrogens with zero attached hydrogens (tertiary/aromatic N) is 1. The standard InChI is InChI=1S/C23H30BrNO/c1-17-11-14-25(15-12-17)13-5-8-19-6-3-9-21(18(19)2)22-10-4-7-20(16-26)23(22)24/h3-4,6-7,9-10,17,26H,5,8,11-16H2,1-2H3. The van der Waals surface area contributed by atoms with Gasteiger partial charge in [-0.15, -0.1) is 0 Å². The molecule has 0 aromatic heterocycles. The normalized spacial score (nSPS) is 16.2. The Bertz CT molecular complexity index is 735. The fourth-order valence-corrected chi connectivity index (χ4v) is 4.54. The first-order valence-corrected chi connectivity index (χ1v) is 10.6. The zero-order valence-electron chi connectivity index (χ0n) is 16.0. The summed E-state index contributed by atoms with van der Waals surface area (Å²) < 4.78 is 1.00. The van der Waals surface area contributed by atoms with Gasteiger partial charge in [0.2, 0.25) is 0 Å². The topological polar surface area (TPSA) is 23.5 Å². The number of hydrogen-bond donors (Lipinski definition) is 1. The van der Waals surface area contributed by atoms with Crippen molar-refractivity contribution in [2.75, 3.05) is 19.6 Å². The molecule has 1 aliphatic rings. The molecule has 0 atom stereocenters. The zero-order chi connectivity index (χ0) is 18.5. The number of likely N-dealkylation sites (tertiary alicyclic amines) is 1. The van der Waals surface area contributed by atoms with Crippen LogP contribution in [0.2, 0.25) is 0 Å². The van der Waals surface area contributed by atoms with Gasteiger partial charge in [0.25, 0.3) is 0 Å². The highest BCUT2D eigenvalue weighted by Gasteiger charge is 2.15. The van der Waals surface area contributed by atoms with Crippen molar-refractivity contribution in [2.45, 2.75) is 46.1 Å². The van der Waals surface area contributed by atoms with Crippen molar-refractivity contribution >= 4 is 15.9 Å². The van der Waals surface area contributed by atoms with E-state index in [2.05, 4.69) is 58.9 Å². The van der Waals surface area contributed by atoms with Crippen LogP contribution in [0.4, 0.5) is 0 Å². The van der Waals surface area contributed by atoms with Crippen LogP contribution in [0.25, 0.3) is 11.1 Å². The maximum Gasteiger partial charge on any atom is 0.0693 e. The van der Waals surface area contributed by atoms with Crippen LogP contribution in [0, 0.1) is 12.8 Å². The Kier molecular flexibility index (Phi) is 6.91. The Labute approximate surface area is 166 Å². The van der Waals surface area contributed by atoms with Gasteiger partial charge in [0.05, 0.1) is 6.61 Å². The third kappa shape index (κ3) is 4.57. The SMILES string of the molecule is Cc1c(CCCN2CCC(C)CC2)cccc1-c1cccc(CO)c1Br. The zero-order valence-corrected chi connectivity index (χ0v) is 17.6. The molecule has 1 saturated heterocycles. The highest BCUT2D eigenvalue weighted by atomic mass is 79.9. The molecule has 0 aliphatic carbocycles. The van der Waals surface area contributed by atoms with Crippen molar-refractivity contribution in [1.82, 2.24) is 4.90 Å². The maximum absolute atomic E-state index is 9.54. The minimum Gasteiger partial charge on any atom is -0.392 e. The summed E-state index contributed by atoms with van der Waals surface area (Å²) in [6.07, 6.45) is 5.05. The Morgan fingerprint density at radius 3 is 2.38 bits per heavy atom. The quantitative estimate of drug-likeness (QED) is 0.665. The Balaban J connectivity index is 1.70. The van der Waals surface area contributed by atoms with Crippen molar-refractivity contribution in [1.29, 1.82) is 0 Å². The van der Waals surface area contributed by atoms with Crippen molar-refractivity contribution < 1.29 is 5.11 Å². The summed E-state index contributed by atoms with van der Waals surface area (Å²) in [6, 6.07) is 12.7. The van der Waals surface area contributed by atoms with Crippen LogP contribution in [0.3, 0.4) is 0 Å². The van der Waals surface area contributed by atoms with Crippen molar-refractivity contribution in [3.63, 3.8) is 0 Å². The lowest BCUT2D eigenvalue weighted by atomic mass is 9.93. The summed E-state index contributed by atoms with van der Waals surface area (Å²) in [5, 5.41) is 9.54. The Morgan fingerprint density at radius 1 is 1.04 bits per heavy atom. The van der Waals surface area contributed by atoms with Gasteiger partial charge in [-0.1, -0.05) is 43.3 Å². The second-order valence-electron chi connectivity index (χ2n) is 7.65. The molecule has 1 aliphatic heterocycles. The van der Waals surface area contributed by atoms with E-state index >= 15 is 0 Å². The van der Waals surface area contributed by atoms with E-state index in [1.54, 1.807) is 0 Å². The fraction of sp³-hybridized carbons (Fsp3) is 0.478. The van der Waals surface area contributed by atoms with Crippen LogP contribution in [0.15, 0.2) is 40.9 Å². The number of halogens is 1. The van der Waals surface area contributed by atoms with Gasteiger partial charge in [0, 0.05) is 4.47 Å². The smallest absolute Gasteiger partial charge is 0.0693 e. The summed E-state index contributed by atoms with van der Waals surface area (Å²) in [7, 11) is 0.